The van der Waals surface area contributed by atoms with E-state index < -0.39 is 5.91 Å². The number of nitrogens with one attached hydrogen (secondary N) is 2. The van der Waals surface area contributed by atoms with Gasteiger partial charge in [-0.05, 0) is 67.1 Å². The fourth-order valence-corrected chi connectivity index (χ4v) is 4.42. The molecule has 3 aromatic rings. The quantitative estimate of drug-likeness (QED) is 0.291. The minimum absolute atomic E-state index is 0.205. The van der Waals surface area contributed by atoms with Crippen LogP contribution in [-0.4, -0.2) is 50.0 Å². The summed E-state index contributed by atoms with van der Waals surface area (Å²) in [6.45, 7) is 0.688. The number of anilines is 2. The smallest absolute Gasteiger partial charge is 0.291 e. The molecule has 0 saturated carbocycles. The SMILES string of the molecule is COCCCN1C(=O)C(Nc2ccc(OC)cc2)=C(Sc2ccc(NC(=O)c3ccco3)cc2)C1=O. The number of furan rings is 1. The molecule has 10 heteroatoms. The van der Waals surface area contributed by atoms with E-state index in [2.05, 4.69) is 10.6 Å². The topological polar surface area (TPSA) is 110 Å². The van der Waals surface area contributed by atoms with Crippen molar-refractivity contribution in [3.05, 3.63) is 83.3 Å². The largest absolute Gasteiger partial charge is 0.497 e. The van der Waals surface area contributed by atoms with Gasteiger partial charge in [-0.15, -0.1) is 0 Å². The van der Waals surface area contributed by atoms with Gasteiger partial charge in [-0.25, -0.2) is 0 Å². The summed E-state index contributed by atoms with van der Waals surface area (Å²) < 4.78 is 15.4. The molecule has 3 amide bonds. The van der Waals surface area contributed by atoms with Gasteiger partial charge in [-0.1, -0.05) is 11.8 Å². The number of imide groups is 1. The minimum Gasteiger partial charge on any atom is -0.497 e. The maximum absolute atomic E-state index is 13.2. The van der Waals surface area contributed by atoms with Crippen molar-refractivity contribution in [2.24, 2.45) is 0 Å². The number of hydrogen-bond donors (Lipinski definition) is 2. The lowest BCUT2D eigenvalue weighted by Gasteiger charge is -2.14. The lowest BCUT2D eigenvalue weighted by molar-refractivity contribution is -0.137. The summed E-state index contributed by atoms with van der Waals surface area (Å²) in [6, 6.07) is 17.3. The first kappa shape index (κ1) is 25.1. The van der Waals surface area contributed by atoms with Crippen LogP contribution in [0.2, 0.25) is 0 Å². The molecule has 0 atom stereocenters. The van der Waals surface area contributed by atoms with Gasteiger partial charge in [0.2, 0.25) is 0 Å². The molecule has 0 fully saturated rings. The predicted octanol–water partition coefficient (Wildman–Crippen LogP) is 4.36. The summed E-state index contributed by atoms with van der Waals surface area (Å²) in [5.41, 5.74) is 1.43. The second kappa shape index (κ2) is 11.6. The van der Waals surface area contributed by atoms with E-state index in [0.29, 0.717) is 35.1 Å². The lowest BCUT2D eigenvalue weighted by atomic mass is 10.3. The van der Waals surface area contributed by atoms with E-state index >= 15 is 0 Å². The number of hydrogen-bond acceptors (Lipinski definition) is 8. The molecule has 0 radical (unpaired) electrons. The summed E-state index contributed by atoms with van der Waals surface area (Å²) in [4.78, 5) is 40.8. The summed E-state index contributed by atoms with van der Waals surface area (Å²) in [6.07, 6.45) is 1.96. The lowest BCUT2D eigenvalue weighted by Crippen LogP contribution is -2.33. The van der Waals surface area contributed by atoms with E-state index in [0.717, 1.165) is 4.90 Å². The molecular weight excluding hydrogens is 482 g/mol. The number of amides is 3. The van der Waals surface area contributed by atoms with Crippen LogP contribution in [0.3, 0.4) is 0 Å². The Balaban J connectivity index is 1.54. The standard InChI is InChI=1S/C26H25N3O6S/c1-33-15-4-14-29-25(31)22(27-17-6-10-19(34-2)11-7-17)23(26(29)32)36-20-12-8-18(9-13-20)28-24(30)21-5-3-16-35-21/h3,5-13,16,27H,4,14-15H2,1-2H3,(H,28,30). The Morgan fingerprint density at radius 3 is 2.33 bits per heavy atom. The zero-order valence-corrected chi connectivity index (χ0v) is 20.6. The van der Waals surface area contributed by atoms with Crippen LogP contribution in [0.15, 0.2) is 86.8 Å². The Labute approximate surface area is 212 Å². The molecule has 1 aliphatic heterocycles. The van der Waals surface area contributed by atoms with Crippen molar-refractivity contribution in [2.45, 2.75) is 11.3 Å². The molecule has 0 aliphatic carbocycles. The Morgan fingerprint density at radius 1 is 0.972 bits per heavy atom. The molecule has 186 valence electrons. The zero-order chi connectivity index (χ0) is 25.5. The van der Waals surface area contributed by atoms with Crippen LogP contribution < -0.4 is 15.4 Å². The van der Waals surface area contributed by atoms with E-state index in [1.807, 2.05) is 0 Å². The third-order valence-electron chi connectivity index (χ3n) is 5.29. The van der Waals surface area contributed by atoms with Gasteiger partial charge in [0, 0.05) is 36.5 Å². The Bertz CT molecular complexity index is 1250. The molecule has 0 spiro atoms. The van der Waals surface area contributed by atoms with Crippen molar-refractivity contribution < 1.29 is 28.3 Å². The highest BCUT2D eigenvalue weighted by molar-refractivity contribution is 8.04. The molecule has 9 nitrogen and oxygen atoms in total. The van der Waals surface area contributed by atoms with E-state index in [4.69, 9.17) is 13.9 Å². The molecule has 0 saturated heterocycles. The Kier molecular flexibility index (Phi) is 8.09. The van der Waals surface area contributed by atoms with Gasteiger partial charge < -0.3 is 24.5 Å². The molecule has 2 heterocycles. The number of carbonyl (C=O) groups excluding carboxylic acids is 3. The van der Waals surface area contributed by atoms with E-state index in [-0.39, 0.29) is 29.8 Å². The van der Waals surface area contributed by atoms with E-state index in [1.54, 1.807) is 74.9 Å². The number of benzene rings is 2. The minimum atomic E-state index is -0.392. The predicted molar refractivity (Wildman–Crippen MR) is 136 cm³/mol. The molecule has 0 bridgehead atoms. The highest BCUT2D eigenvalue weighted by Crippen LogP contribution is 2.36. The molecule has 0 unspecified atom stereocenters. The second-order valence-corrected chi connectivity index (χ2v) is 8.81. The van der Waals surface area contributed by atoms with Crippen molar-refractivity contribution in [1.29, 1.82) is 0 Å². The van der Waals surface area contributed by atoms with Gasteiger partial charge in [0.25, 0.3) is 17.7 Å². The molecule has 2 aromatic carbocycles. The van der Waals surface area contributed by atoms with Crippen LogP contribution in [0, 0.1) is 0 Å². The van der Waals surface area contributed by atoms with Crippen molar-refractivity contribution >= 4 is 40.9 Å². The summed E-state index contributed by atoms with van der Waals surface area (Å²) in [5, 5.41) is 5.86. The number of rotatable bonds is 11. The molecule has 1 aliphatic rings. The molecular formula is C26H25N3O6S. The van der Waals surface area contributed by atoms with Crippen LogP contribution in [0.25, 0.3) is 0 Å². The maximum atomic E-state index is 13.2. The van der Waals surface area contributed by atoms with Crippen LogP contribution in [0.5, 0.6) is 5.75 Å². The van der Waals surface area contributed by atoms with Crippen LogP contribution in [0.1, 0.15) is 17.0 Å². The van der Waals surface area contributed by atoms with Crippen LogP contribution in [0.4, 0.5) is 11.4 Å². The number of methoxy groups -OCH3 is 2. The fourth-order valence-electron chi connectivity index (χ4n) is 3.47. The summed E-state index contributed by atoms with van der Waals surface area (Å²) >= 11 is 1.18. The van der Waals surface area contributed by atoms with Gasteiger partial charge in [0.15, 0.2) is 5.76 Å². The van der Waals surface area contributed by atoms with Gasteiger partial charge in [0.05, 0.1) is 13.4 Å². The third kappa shape index (κ3) is 5.78. The van der Waals surface area contributed by atoms with Gasteiger partial charge in [0.1, 0.15) is 16.4 Å². The highest BCUT2D eigenvalue weighted by atomic mass is 32.2. The zero-order valence-electron chi connectivity index (χ0n) is 19.8. The normalized spacial score (nSPS) is 13.3. The first-order chi connectivity index (χ1) is 17.5. The molecule has 2 N–H and O–H groups in total. The van der Waals surface area contributed by atoms with E-state index in [9.17, 15) is 14.4 Å². The van der Waals surface area contributed by atoms with Crippen molar-refractivity contribution in [3.63, 3.8) is 0 Å². The Morgan fingerprint density at radius 2 is 1.69 bits per heavy atom. The first-order valence-corrected chi connectivity index (χ1v) is 11.9. The van der Waals surface area contributed by atoms with Gasteiger partial charge in [-0.2, -0.15) is 0 Å². The van der Waals surface area contributed by atoms with Gasteiger partial charge >= 0.3 is 0 Å². The number of nitrogens with zero attached hydrogens (tertiary/aromatic N) is 1. The van der Waals surface area contributed by atoms with Crippen molar-refractivity contribution in [2.75, 3.05) is 38.0 Å². The molecule has 1 aromatic heterocycles. The van der Waals surface area contributed by atoms with Gasteiger partial charge in [-0.3, -0.25) is 19.3 Å². The molecule has 4 rings (SSSR count). The second-order valence-electron chi connectivity index (χ2n) is 7.72. The van der Waals surface area contributed by atoms with Crippen molar-refractivity contribution in [3.8, 4) is 5.75 Å². The van der Waals surface area contributed by atoms with Crippen molar-refractivity contribution in [1.82, 2.24) is 4.90 Å². The number of ether oxygens (including phenoxy) is 2. The maximum Gasteiger partial charge on any atom is 0.291 e. The fraction of sp³-hybridized carbons (Fsp3) is 0.192. The monoisotopic (exact) mass is 507 g/mol. The Hall–Kier alpha value is -4.02. The molecule has 36 heavy (non-hydrogen) atoms. The summed E-state index contributed by atoms with van der Waals surface area (Å²) in [5.74, 6) is -0.240. The number of thioether (sulfide) groups is 1. The average Bonchev–Trinajstić information content (AvgIpc) is 3.51. The van der Waals surface area contributed by atoms with E-state index in [1.165, 1.54) is 22.9 Å². The summed E-state index contributed by atoms with van der Waals surface area (Å²) in [7, 11) is 3.15. The third-order valence-corrected chi connectivity index (χ3v) is 6.38. The van der Waals surface area contributed by atoms with Crippen LogP contribution >= 0.6 is 11.8 Å². The van der Waals surface area contributed by atoms with Crippen LogP contribution in [-0.2, 0) is 14.3 Å². The first-order valence-electron chi connectivity index (χ1n) is 11.1. The highest BCUT2D eigenvalue weighted by Gasteiger charge is 2.38. The average molecular weight is 508 g/mol. The number of carbonyl (C=O) groups is 3.